The standard InChI is InChI=1S/C22H31N5/c1-17-24-10-11-26(17)14-19-7-5-6-18(12-19)13-25-22(23-2)27-15-20-8-3-4-9-21(20)16-27/h5-7,10-12,20-21H,3-4,8-9,13-16H2,1-2H3,(H,23,25). The summed E-state index contributed by atoms with van der Waals surface area (Å²) in [6.07, 6.45) is 9.50. The van der Waals surface area contributed by atoms with Gasteiger partial charge in [-0.05, 0) is 42.7 Å². The summed E-state index contributed by atoms with van der Waals surface area (Å²) in [5, 5.41) is 3.59. The largest absolute Gasteiger partial charge is 0.352 e. The highest BCUT2D eigenvalue weighted by atomic mass is 15.3. The molecule has 1 saturated carbocycles. The van der Waals surface area contributed by atoms with Crippen LogP contribution in [-0.2, 0) is 13.1 Å². The number of aromatic nitrogens is 2. The van der Waals surface area contributed by atoms with Crippen molar-refractivity contribution in [2.24, 2.45) is 16.8 Å². The van der Waals surface area contributed by atoms with Crippen molar-refractivity contribution in [3.63, 3.8) is 0 Å². The molecule has 1 aromatic carbocycles. The number of benzene rings is 1. The maximum absolute atomic E-state index is 4.56. The molecule has 1 N–H and O–H groups in total. The monoisotopic (exact) mass is 365 g/mol. The smallest absolute Gasteiger partial charge is 0.193 e. The number of imidazole rings is 1. The molecule has 2 fully saturated rings. The Kier molecular flexibility index (Phi) is 5.46. The van der Waals surface area contributed by atoms with E-state index in [1.807, 2.05) is 26.4 Å². The molecular weight excluding hydrogens is 334 g/mol. The zero-order chi connectivity index (χ0) is 18.6. The molecule has 1 aliphatic carbocycles. The molecule has 2 aliphatic rings. The van der Waals surface area contributed by atoms with Gasteiger partial charge in [0.05, 0.1) is 0 Å². The average molecular weight is 366 g/mol. The minimum atomic E-state index is 0.815. The lowest BCUT2D eigenvalue weighted by Gasteiger charge is -2.22. The molecule has 0 spiro atoms. The molecule has 5 nitrogen and oxygen atoms in total. The quantitative estimate of drug-likeness (QED) is 0.667. The first kappa shape index (κ1) is 18.1. The number of nitrogens with zero attached hydrogens (tertiary/aromatic N) is 4. The van der Waals surface area contributed by atoms with Gasteiger partial charge in [0, 0.05) is 45.6 Å². The highest BCUT2D eigenvalue weighted by molar-refractivity contribution is 5.80. The Morgan fingerprint density at radius 1 is 1.19 bits per heavy atom. The van der Waals surface area contributed by atoms with E-state index in [-0.39, 0.29) is 0 Å². The van der Waals surface area contributed by atoms with Crippen LogP contribution >= 0.6 is 0 Å². The molecule has 1 saturated heterocycles. The van der Waals surface area contributed by atoms with Gasteiger partial charge in [-0.25, -0.2) is 4.98 Å². The van der Waals surface area contributed by atoms with Gasteiger partial charge in [0.1, 0.15) is 5.82 Å². The normalized spacial score (nSPS) is 22.7. The van der Waals surface area contributed by atoms with Crippen LogP contribution in [0.2, 0.25) is 0 Å². The molecule has 5 heteroatoms. The molecule has 0 radical (unpaired) electrons. The van der Waals surface area contributed by atoms with E-state index >= 15 is 0 Å². The number of likely N-dealkylation sites (tertiary alicyclic amines) is 1. The third-order valence-electron chi connectivity index (χ3n) is 6.21. The fraction of sp³-hybridized carbons (Fsp3) is 0.545. The predicted octanol–water partition coefficient (Wildman–Crippen LogP) is 3.44. The Balaban J connectivity index is 1.36. The summed E-state index contributed by atoms with van der Waals surface area (Å²) >= 11 is 0. The van der Waals surface area contributed by atoms with Gasteiger partial charge < -0.3 is 14.8 Å². The van der Waals surface area contributed by atoms with Crippen LogP contribution in [0.3, 0.4) is 0 Å². The van der Waals surface area contributed by atoms with E-state index in [2.05, 4.69) is 49.0 Å². The van der Waals surface area contributed by atoms with Crippen LogP contribution in [0.15, 0.2) is 41.7 Å². The van der Waals surface area contributed by atoms with Crippen molar-refractivity contribution in [3.8, 4) is 0 Å². The third-order valence-corrected chi connectivity index (χ3v) is 6.21. The Labute approximate surface area is 162 Å². The van der Waals surface area contributed by atoms with E-state index in [9.17, 15) is 0 Å². The van der Waals surface area contributed by atoms with Gasteiger partial charge in [-0.2, -0.15) is 0 Å². The molecule has 0 amide bonds. The van der Waals surface area contributed by atoms with Gasteiger partial charge >= 0.3 is 0 Å². The van der Waals surface area contributed by atoms with Crippen molar-refractivity contribution in [1.82, 2.24) is 19.8 Å². The molecule has 1 aromatic heterocycles. The van der Waals surface area contributed by atoms with E-state index in [4.69, 9.17) is 0 Å². The lowest BCUT2D eigenvalue weighted by Crippen LogP contribution is -2.39. The second-order valence-corrected chi connectivity index (χ2v) is 8.03. The molecule has 144 valence electrons. The first-order valence-corrected chi connectivity index (χ1v) is 10.2. The lowest BCUT2D eigenvalue weighted by atomic mass is 9.82. The number of aliphatic imine (C=N–C) groups is 1. The van der Waals surface area contributed by atoms with E-state index in [1.165, 1.54) is 49.9 Å². The summed E-state index contributed by atoms with van der Waals surface area (Å²) in [6, 6.07) is 8.80. The Bertz CT molecular complexity index is 780. The van der Waals surface area contributed by atoms with Gasteiger partial charge in [0.25, 0.3) is 0 Å². The summed E-state index contributed by atoms with van der Waals surface area (Å²) in [5.41, 5.74) is 2.60. The number of hydrogen-bond acceptors (Lipinski definition) is 2. The van der Waals surface area contributed by atoms with Gasteiger partial charge in [0.15, 0.2) is 5.96 Å². The molecule has 2 heterocycles. The topological polar surface area (TPSA) is 45.5 Å². The van der Waals surface area contributed by atoms with Crippen LogP contribution in [0.25, 0.3) is 0 Å². The van der Waals surface area contributed by atoms with Crippen molar-refractivity contribution in [1.29, 1.82) is 0 Å². The van der Waals surface area contributed by atoms with Gasteiger partial charge in [0.2, 0.25) is 0 Å². The Morgan fingerprint density at radius 2 is 1.93 bits per heavy atom. The zero-order valence-electron chi connectivity index (χ0n) is 16.6. The van der Waals surface area contributed by atoms with Crippen LogP contribution < -0.4 is 5.32 Å². The minimum Gasteiger partial charge on any atom is -0.352 e. The van der Waals surface area contributed by atoms with E-state index in [1.54, 1.807) is 0 Å². The fourth-order valence-corrected chi connectivity index (χ4v) is 4.70. The van der Waals surface area contributed by atoms with Crippen LogP contribution in [0.4, 0.5) is 0 Å². The van der Waals surface area contributed by atoms with Gasteiger partial charge in [-0.15, -0.1) is 0 Å². The van der Waals surface area contributed by atoms with Crippen LogP contribution in [0.5, 0.6) is 0 Å². The zero-order valence-corrected chi connectivity index (χ0v) is 16.6. The summed E-state index contributed by atoms with van der Waals surface area (Å²) in [6.45, 7) is 6.07. The molecule has 1 aliphatic heterocycles. The Hall–Kier alpha value is -2.30. The summed E-state index contributed by atoms with van der Waals surface area (Å²) in [5.74, 6) is 3.85. The van der Waals surface area contributed by atoms with Crippen molar-refractivity contribution in [2.75, 3.05) is 20.1 Å². The number of guanidine groups is 1. The molecule has 27 heavy (non-hydrogen) atoms. The minimum absolute atomic E-state index is 0.815. The number of rotatable bonds is 4. The second kappa shape index (κ2) is 8.15. The van der Waals surface area contributed by atoms with E-state index in [0.29, 0.717) is 0 Å². The van der Waals surface area contributed by atoms with Gasteiger partial charge in [-0.1, -0.05) is 37.1 Å². The Morgan fingerprint density at radius 3 is 2.59 bits per heavy atom. The molecular formula is C22H31N5. The maximum atomic E-state index is 4.56. The summed E-state index contributed by atoms with van der Waals surface area (Å²) in [7, 11) is 1.91. The predicted molar refractivity (Wildman–Crippen MR) is 110 cm³/mol. The van der Waals surface area contributed by atoms with Crippen molar-refractivity contribution in [3.05, 3.63) is 53.6 Å². The average Bonchev–Trinajstić information content (AvgIpc) is 3.29. The van der Waals surface area contributed by atoms with Crippen molar-refractivity contribution >= 4 is 5.96 Å². The molecule has 0 bridgehead atoms. The first-order chi connectivity index (χ1) is 13.2. The van der Waals surface area contributed by atoms with Crippen molar-refractivity contribution < 1.29 is 0 Å². The SMILES string of the molecule is CN=C(NCc1cccc(Cn2ccnc2C)c1)N1CC2CCCCC2C1. The summed E-state index contributed by atoms with van der Waals surface area (Å²) in [4.78, 5) is 11.3. The fourth-order valence-electron chi connectivity index (χ4n) is 4.70. The third kappa shape index (κ3) is 4.18. The number of hydrogen-bond donors (Lipinski definition) is 1. The summed E-state index contributed by atoms with van der Waals surface area (Å²) < 4.78 is 2.18. The van der Waals surface area contributed by atoms with Crippen LogP contribution in [0, 0.1) is 18.8 Å². The highest BCUT2D eigenvalue weighted by Crippen LogP contribution is 2.35. The van der Waals surface area contributed by atoms with E-state index < -0.39 is 0 Å². The number of aryl methyl sites for hydroxylation is 1. The molecule has 2 atom stereocenters. The van der Waals surface area contributed by atoms with E-state index in [0.717, 1.165) is 36.7 Å². The molecule has 2 unspecified atom stereocenters. The molecule has 2 aromatic rings. The number of fused-ring (bicyclic) bond motifs is 1. The second-order valence-electron chi connectivity index (χ2n) is 8.03. The van der Waals surface area contributed by atoms with Crippen LogP contribution in [0.1, 0.15) is 42.6 Å². The van der Waals surface area contributed by atoms with Gasteiger partial charge in [-0.3, -0.25) is 4.99 Å². The van der Waals surface area contributed by atoms with Crippen molar-refractivity contribution in [2.45, 2.75) is 45.7 Å². The number of nitrogens with one attached hydrogen (secondary N) is 1. The highest BCUT2D eigenvalue weighted by Gasteiger charge is 2.35. The maximum Gasteiger partial charge on any atom is 0.193 e. The first-order valence-electron chi connectivity index (χ1n) is 10.2. The molecule has 4 rings (SSSR count). The van der Waals surface area contributed by atoms with Crippen LogP contribution in [-0.4, -0.2) is 40.5 Å². The lowest BCUT2D eigenvalue weighted by molar-refractivity contribution is 0.299.